The molecule has 1 aromatic heterocycles. The van der Waals surface area contributed by atoms with Crippen LogP contribution in [0.15, 0.2) is 24.3 Å². The van der Waals surface area contributed by atoms with Gasteiger partial charge in [-0.1, -0.05) is 12.1 Å². The number of fused-ring (bicyclic) bond motifs is 1. The zero-order chi connectivity index (χ0) is 12.4. The molecule has 1 saturated heterocycles. The van der Waals surface area contributed by atoms with E-state index < -0.39 is 0 Å². The molecule has 1 aliphatic heterocycles. The van der Waals surface area contributed by atoms with E-state index in [-0.39, 0.29) is 12.4 Å². The maximum absolute atomic E-state index is 4.61. The average molecular weight is 298 g/mol. The van der Waals surface area contributed by atoms with E-state index >= 15 is 0 Å². The number of aromatic nitrogens is 1. The zero-order valence-electron chi connectivity index (χ0n) is 11.1. The molecule has 0 aliphatic carbocycles. The van der Waals surface area contributed by atoms with Crippen LogP contribution in [0.25, 0.3) is 10.1 Å². The van der Waals surface area contributed by atoms with Gasteiger partial charge in [-0.05, 0) is 55.5 Å². The summed E-state index contributed by atoms with van der Waals surface area (Å²) in [5.41, 5.74) is 0. The Labute approximate surface area is 124 Å². The van der Waals surface area contributed by atoms with Crippen LogP contribution < -0.4 is 10.2 Å². The van der Waals surface area contributed by atoms with Crippen molar-refractivity contribution >= 4 is 39.8 Å². The third-order valence-corrected chi connectivity index (χ3v) is 4.47. The second-order valence-electron chi connectivity index (χ2n) is 5.10. The highest BCUT2D eigenvalue weighted by Crippen LogP contribution is 2.29. The highest BCUT2D eigenvalue weighted by atomic mass is 35.5. The Morgan fingerprint density at radius 3 is 3.05 bits per heavy atom. The van der Waals surface area contributed by atoms with Crippen molar-refractivity contribution in [3.8, 4) is 0 Å². The lowest BCUT2D eigenvalue weighted by Gasteiger charge is -2.27. The summed E-state index contributed by atoms with van der Waals surface area (Å²) in [7, 11) is 2.16. The van der Waals surface area contributed by atoms with Gasteiger partial charge in [-0.2, -0.15) is 4.37 Å². The summed E-state index contributed by atoms with van der Waals surface area (Å²) in [5, 5.41) is 4.76. The summed E-state index contributed by atoms with van der Waals surface area (Å²) in [6, 6.07) is 8.49. The topological polar surface area (TPSA) is 28.2 Å². The van der Waals surface area contributed by atoms with E-state index in [4.69, 9.17) is 0 Å². The van der Waals surface area contributed by atoms with Gasteiger partial charge in [0.05, 0.1) is 4.70 Å². The number of piperidine rings is 1. The molecular weight excluding hydrogens is 278 g/mol. The molecule has 1 aromatic carbocycles. The Morgan fingerprint density at radius 1 is 1.42 bits per heavy atom. The number of rotatable bonds is 3. The SMILES string of the molecule is CN(CC1CCCNC1)c1nsc2ccccc12.Cl. The summed E-state index contributed by atoms with van der Waals surface area (Å²) >= 11 is 1.60. The number of halogens is 1. The lowest BCUT2D eigenvalue weighted by Crippen LogP contribution is -2.37. The molecule has 5 heteroatoms. The van der Waals surface area contributed by atoms with Gasteiger partial charge in [-0.3, -0.25) is 0 Å². The number of nitrogens with zero attached hydrogens (tertiary/aromatic N) is 2. The molecule has 0 amide bonds. The molecule has 0 spiro atoms. The van der Waals surface area contributed by atoms with Gasteiger partial charge < -0.3 is 10.2 Å². The van der Waals surface area contributed by atoms with Crippen molar-refractivity contribution in [3.63, 3.8) is 0 Å². The van der Waals surface area contributed by atoms with Crippen molar-refractivity contribution in [1.82, 2.24) is 9.69 Å². The normalized spacial score (nSPS) is 19.1. The van der Waals surface area contributed by atoms with Crippen LogP contribution in [-0.2, 0) is 0 Å². The van der Waals surface area contributed by atoms with Crippen LogP contribution in [0.4, 0.5) is 5.82 Å². The Hall–Kier alpha value is -0.840. The average Bonchev–Trinajstić information content (AvgIpc) is 2.84. The Morgan fingerprint density at radius 2 is 2.26 bits per heavy atom. The lowest BCUT2D eigenvalue weighted by atomic mass is 9.99. The minimum absolute atomic E-state index is 0. The fourth-order valence-corrected chi connectivity index (χ4v) is 3.52. The summed E-state index contributed by atoms with van der Waals surface area (Å²) in [4.78, 5) is 2.32. The lowest BCUT2D eigenvalue weighted by molar-refractivity contribution is 0.381. The van der Waals surface area contributed by atoms with Gasteiger partial charge >= 0.3 is 0 Å². The van der Waals surface area contributed by atoms with Crippen LogP contribution in [0.1, 0.15) is 12.8 Å². The van der Waals surface area contributed by atoms with Gasteiger partial charge in [0.1, 0.15) is 5.82 Å². The maximum atomic E-state index is 4.61. The van der Waals surface area contributed by atoms with Crippen molar-refractivity contribution in [2.45, 2.75) is 12.8 Å². The highest BCUT2D eigenvalue weighted by Gasteiger charge is 2.17. The van der Waals surface area contributed by atoms with E-state index in [0.717, 1.165) is 24.8 Å². The van der Waals surface area contributed by atoms with E-state index in [1.54, 1.807) is 11.5 Å². The number of benzene rings is 1. The molecule has 1 unspecified atom stereocenters. The molecule has 1 aliphatic rings. The number of anilines is 1. The van der Waals surface area contributed by atoms with Crippen molar-refractivity contribution in [2.75, 3.05) is 31.6 Å². The van der Waals surface area contributed by atoms with Crippen molar-refractivity contribution in [2.24, 2.45) is 5.92 Å². The summed E-state index contributed by atoms with van der Waals surface area (Å²) in [5.74, 6) is 1.89. The van der Waals surface area contributed by atoms with Crippen LogP contribution in [-0.4, -0.2) is 31.1 Å². The van der Waals surface area contributed by atoms with Gasteiger partial charge in [0.2, 0.25) is 0 Å². The van der Waals surface area contributed by atoms with E-state index in [0.29, 0.717) is 0 Å². The molecule has 2 aromatic rings. The second-order valence-corrected chi connectivity index (χ2v) is 5.90. The van der Waals surface area contributed by atoms with E-state index in [2.05, 4.69) is 45.9 Å². The van der Waals surface area contributed by atoms with Crippen LogP contribution in [0, 0.1) is 5.92 Å². The van der Waals surface area contributed by atoms with Gasteiger partial charge in [0.25, 0.3) is 0 Å². The van der Waals surface area contributed by atoms with Crippen molar-refractivity contribution < 1.29 is 0 Å². The highest BCUT2D eigenvalue weighted by molar-refractivity contribution is 7.13. The van der Waals surface area contributed by atoms with Crippen molar-refractivity contribution in [1.29, 1.82) is 0 Å². The van der Waals surface area contributed by atoms with E-state index in [9.17, 15) is 0 Å². The number of hydrogen-bond donors (Lipinski definition) is 1. The molecule has 1 fully saturated rings. The molecule has 1 atom stereocenters. The molecule has 1 N–H and O–H groups in total. The first kappa shape index (κ1) is 14.6. The quantitative estimate of drug-likeness (QED) is 0.943. The van der Waals surface area contributed by atoms with E-state index in [1.165, 1.54) is 29.5 Å². The van der Waals surface area contributed by atoms with Gasteiger partial charge in [-0.25, -0.2) is 0 Å². The summed E-state index contributed by atoms with van der Waals surface area (Å²) < 4.78 is 5.89. The fourth-order valence-electron chi connectivity index (χ4n) is 2.70. The molecule has 104 valence electrons. The zero-order valence-corrected chi connectivity index (χ0v) is 12.8. The minimum atomic E-state index is 0. The molecule has 3 nitrogen and oxygen atoms in total. The summed E-state index contributed by atoms with van der Waals surface area (Å²) in [6.07, 6.45) is 2.63. The van der Waals surface area contributed by atoms with Crippen LogP contribution >= 0.6 is 23.9 Å². The van der Waals surface area contributed by atoms with Crippen LogP contribution in [0.2, 0.25) is 0 Å². The second kappa shape index (κ2) is 6.55. The van der Waals surface area contributed by atoms with Gasteiger partial charge in [0, 0.05) is 19.0 Å². The predicted molar refractivity (Wildman–Crippen MR) is 85.7 cm³/mol. The monoisotopic (exact) mass is 297 g/mol. The molecule has 0 saturated carbocycles. The minimum Gasteiger partial charge on any atom is -0.358 e. The molecule has 3 rings (SSSR count). The molecular formula is C14H20ClN3S. The molecule has 2 heterocycles. The first-order valence-corrected chi connectivity index (χ1v) is 7.38. The largest absolute Gasteiger partial charge is 0.358 e. The standard InChI is InChI=1S/C14H19N3S.ClH/c1-17(10-11-5-4-8-15-9-11)14-12-6-2-3-7-13(12)18-16-14;/h2-3,6-7,11,15H,4-5,8-10H2,1H3;1H. The Kier molecular flexibility index (Phi) is 5.02. The van der Waals surface area contributed by atoms with Gasteiger partial charge in [-0.15, -0.1) is 12.4 Å². The molecule has 0 bridgehead atoms. The predicted octanol–water partition coefficient (Wildman–Crippen LogP) is 3.15. The van der Waals surface area contributed by atoms with Crippen molar-refractivity contribution in [3.05, 3.63) is 24.3 Å². The fraction of sp³-hybridized carbons (Fsp3) is 0.500. The van der Waals surface area contributed by atoms with E-state index in [1.807, 2.05) is 0 Å². The number of nitrogens with one attached hydrogen (secondary N) is 1. The maximum Gasteiger partial charge on any atom is 0.149 e. The van der Waals surface area contributed by atoms with Gasteiger partial charge in [0.15, 0.2) is 0 Å². The first-order valence-electron chi connectivity index (χ1n) is 6.61. The smallest absolute Gasteiger partial charge is 0.149 e. The first-order chi connectivity index (χ1) is 8.84. The number of hydrogen-bond acceptors (Lipinski definition) is 4. The van der Waals surface area contributed by atoms with Crippen LogP contribution in [0.3, 0.4) is 0 Å². The van der Waals surface area contributed by atoms with Crippen LogP contribution in [0.5, 0.6) is 0 Å². The molecule has 0 radical (unpaired) electrons. The summed E-state index contributed by atoms with van der Waals surface area (Å²) in [6.45, 7) is 3.42. The Balaban J connectivity index is 0.00000133. The Bertz CT molecular complexity index is 522. The third-order valence-electron chi connectivity index (χ3n) is 3.65. The molecule has 19 heavy (non-hydrogen) atoms. The third kappa shape index (κ3) is 3.19.